The van der Waals surface area contributed by atoms with Crippen LogP contribution in [0.4, 0.5) is 10.5 Å². The summed E-state index contributed by atoms with van der Waals surface area (Å²) in [5.41, 5.74) is 0.978. The van der Waals surface area contributed by atoms with E-state index >= 15 is 0 Å². The molecule has 0 atom stereocenters. The molecule has 4 amide bonds. The molecule has 0 radical (unpaired) electrons. The van der Waals surface area contributed by atoms with Crippen LogP contribution in [0.2, 0.25) is 0 Å². The number of amidine groups is 1. The van der Waals surface area contributed by atoms with E-state index in [0.29, 0.717) is 30.0 Å². The van der Waals surface area contributed by atoms with E-state index in [1.54, 1.807) is 25.1 Å². The number of imide groups is 1. The van der Waals surface area contributed by atoms with E-state index < -0.39 is 21.6 Å². The lowest BCUT2D eigenvalue weighted by molar-refractivity contribution is -0.125. The molecule has 0 unspecified atom stereocenters. The first kappa shape index (κ1) is 25.6. The molecule has 1 aromatic rings. The number of piperidine rings is 1. The Morgan fingerprint density at radius 3 is 2.41 bits per heavy atom. The summed E-state index contributed by atoms with van der Waals surface area (Å²) < 4.78 is 27.5. The van der Waals surface area contributed by atoms with Crippen LogP contribution < -0.4 is 15.5 Å². The molecule has 3 aliphatic heterocycles. The predicted octanol–water partition coefficient (Wildman–Crippen LogP) is 2.54. The first-order chi connectivity index (χ1) is 17.6. The van der Waals surface area contributed by atoms with Gasteiger partial charge in [-0.15, -0.1) is 0 Å². The molecule has 0 aromatic heterocycles. The van der Waals surface area contributed by atoms with Gasteiger partial charge in [0.15, 0.2) is 0 Å². The number of hydrogen-bond donors (Lipinski definition) is 2. The van der Waals surface area contributed by atoms with Gasteiger partial charge in [-0.3, -0.25) is 14.6 Å². The standard InChI is InChI=1S/C26H33N5O5S/c1-17-3-5-20(6-4-17)23-28-24(33)26(29-23)10-12-30(13-11-26)37(35,36)14-9-19-7-8-21(15-18(19)2)31-22(32)16-27-25(31)34/h7-9,14-15,17,20H,3-6,10-13,16H2,1-2H3,(H,27,34)(H,28,29,33). The summed E-state index contributed by atoms with van der Waals surface area (Å²) in [7, 11) is -3.70. The highest BCUT2D eigenvalue weighted by Crippen LogP contribution is 2.36. The first-order valence-electron chi connectivity index (χ1n) is 12.9. The summed E-state index contributed by atoms with van der Waals surface area (Å²) >= 11 is 0. The number of hydrogen-bond acceptors (Lipinski definition) is 6. The summed E-state index contributed by atoms with van der Waals surface area (Å²) in [5.74, 6) is 1.35. The molecule has 10 nitrogen and oxygen atoms in total. The number of rotatable bonds is 5. The van der Waals surface area contributed by atoms with E-state index in [2.05, 4.69) is 17.6 Å². The van der Waals surface area contributed by atoms with E-state index in [-0.39, 0.29) is 37.4 Å². The zero-order valence-electron chi connectivity index (χ0n) is 21.2. The normalized spacial score (nSPS) is 26.6. The highest BCUT2D eigenvalue weighted by molar-refractivity contribution is 7.92. The number of amides is 4. The maximum Gasteiger partial charge on any atom is 0.329 e. The average Bonchev–Trinajstić information content (AvgIpc) is 3.37. The van der Waals surface area contributed by atoms with Gasteiger partial charge in [0.05, 0.1) is 12.2 Å². The van der Waals surface area contributed by atoms with Crippen LogP contribution >= 0.6 is 0 Å². The molecule has 1 aliphatic carbocycles. The van der Waals surface area contributed by atoms with Crippen molar-refractivity contribution in [2.75, 3.05) is 24.5 Å². The smallest absolute Gasteiger partial charge is 0.328 e. The number of aliphatic imine (C=N–C) groups is 1. The van der Waals surface area contributed by atoms with Crippen LogP contribution in [0.1, 0.15) is 56.6 Å². The molecule has 3 heterocycles. The lowest BCUT2D eigenvalue weighted by atomic mass is 9.82. The minimum atomic E-state index is -3.70. The van der Waals surface area contributed by atoms with Crippen molar-refractivity contribution in [3.8, 4) is 0 Å². The summed E-state index contributed by atoms with van der Waals surface area (Å²) in [4.78, 5) is 42.6. The molecule has 11 heteroatoms. The summed E-state index contributed by atoms with van der Waals surface area (Å²) in [5, 5.41) is 6.67. The molecular formula is C26H33N5O5S. The van der Waals surface area contributed by atoms with Gasteiger partial charge in [-0.1, -0.05) is 25.8 Å². The van der Waals surface area contributed by atoms with Crippen molar-refractivity contribution in [2.24, 2.45) is 16.8 Å². The number of urea groups is 1. The molecule has 1 spiro atoms. The van der Waals surface area contributed by atoms with E-state index in [1.807, 2.05) is 0 Å². The second-order valence-electron chi connectivity index (χ2n) is 10.6. The minimum absolute atomic E-state index is 0.0386. The number of carbonyl (C=O) groups is 3. The highest BCUT2D eigenvalue weighted by Gasteiger charge is 2.48. The molecule has 1 saturated carbocycles. The van der Waals surface area contributed by atoms with E-state index in [9.17, 15) is 22.8 Å². The third kappa shape index (κ3) is 4.94. The SMILES string of the molecule is Cc1cc(N2C(=O)CNC2=O)ccc1C=CS(=O)(=O)N1CCC2(CC1)N=C(C1CCC(C)CC1)NC2=O. The summed E-state index contributed by atoms with van der Waals surface area (Å²) in [6.45, 7) is 4.46. The maximum atomic E-state index is 13.1. The van der Waals surface area contributed by atoms with E-state index in [0.717, 1.165) is 42.0 Å². The number of sulfonamides is 1. The first-order valence-corrected chi connectivity index (χ1v) is 14.4. The second kappa shape index (κ2) is 9.68. The molecule has 4 aliphatic rings. The fraction of sp³-hybridized carbons (Fsp3) is 0.538. The summed E-state index contributed by atoms with van der Waals surface area (Å²) in [6, 6.07) is 4.51. The third-order valence-electron chi connectivity index (χ3n) is 8.09. The van der Waals surface area contributed by atoms with Crippen LogP contribution in [0.25, 0.3) is 6.08 Å². The monoisotopic (exact) mass is 527 g/mol. The Morgan fingerprint density at radius 1 is 1.08 bits per heavy atom. The van der Waals surface area contributed by atoms with Crippen molar-refractivity contribution < 1.29 is 22.8 Å². The van der Waals surface area contributed by atoms with E-state index in [1.165, 1.54) is 15.8 Å². The molecule has 198 valence electrons. The van der Waals surface area contributed by atoms with Crippen molar-refractivity contribution >= 4 is 45.5 Å². The molecule has 2 N–H and O–H groups in total. The van der Waals surface area contributed by atoms with Crippen molar-refractivity contribution in [1.82, 2.24) is 14.9 Å². The van der Waals surface area contributed by atoms with Gasteiger partial charge in [0.1, 0.15) is 11.4 Å². The lowest BCUT2D eigenvalue weighted by Gasteiger charge is -2.34. The molecule has 2 saturated heterocycles. The lowest BCUT2D eigenvalue weighted by Crippen LogP contribution is -2.50. The zero-order valence-corrected chi connectivity index (χ0v) is 22.0. The van der Waals surface area contributed by atoms with Gasteiger partial charge < -0.3 is 10.6 Å². The van der Waals surface area contributed by atoms with Crippen LogP contribution in [0.3, 0.4) is 0 Å². The molecule has 5 rings (SSSR count). The van der Waals surface area contributed by atoms with Crippen molar-refractivity contribution in [3.05, 3.63) is 34.7 Å². The Hall–Kier alpha value is -3.05. The number of benzene rings is 1. The van der Waals surface area contributed by atoms with Gasteiger partial charge in [0.25, 0.3) is 11.8 Å². The number of nitrogens with one attached hydrogen (secondary N) is 2. The van der Waals surface area contributed by atoms with Gasteiger partial charge in [0.2, 0.25) is 10.0 Å². The highest BCUT2D eigenvalue weighted by atomic mass is 32.2. The van der Waals surface area contributed by atoms with Crippen molar-refractivity contribution in [1.29, 1.82) is 0 Å². The zero-order chi connectivity index (χ0) is 26.4. The topological polar surface area (TPSA) is 128 Å². The average molecular weight is 528 g/mol. The Labute approximate surface area is 217 Å². The van der Waals surface area contributed by atoms with Gasteiger partial charge in [-0.25, -0.2) is 18.1 Å². The van der Waals surface area contributed by atoms with Crippen molar-refractivity contribution in [2.45, 2.75) is 57.9 Å². The van der Waals surface area contributed by atoms with Gasteiger partial charge >= 0.3 is 6.03 Å². The van der Waals surface area contributed by atoms with Crippen LogP contribution in [0.5, 0.6) is 0 Å². The fourth-order valence-electron chi connectivity index (χ4n) is 5.63. The van der Waals surface area contributed by atoms with Crippen molar-refractivity contribution in [3.63, 3.8) is 0 Å². The van der Waals surface area contributed by atoms with E-state index in [4.69, 9.17) is 4.99 Å². The molecule has 3 fully saturated rings. The van der Waals surface area contributed by atoms with Crippen LogP contribution in [0, 0.1) is 18.8 Å². The number of nitrogens with zero attached hydrogens (tertiary/aromatic N) is 3. The van der Waals surface area contributed by atoms with Crippen LogP contribution in [-0.2, 0) is 19.6 Å². The molecule has 37 heavy (non-hydrogen) atoms. The minimum Gasteiger partial charge on any atom is -0.328 e. The third-order valence-corrected chi connectivity index (χ3v) is 9.65. The molecule has 1 aromatic carbocycles. The Balaban J connectivity index is 1.24. The van der Waals surface area contributed by atoms with Crippen LogP contribution in [-0.4, -0.2) is 61.6 Å². The predicted molar refractivity (Wildman–Crippen MR) is 140 cm³/mol. The van der Waals surface area contributed by atoms with Gasteiger partial charge in [-0.05, 0) is 67.9 Å². The Bertz CT molecular complexity index is 1270. The van der Waals surface area contributed by atoms with Crippen LogP contribution in [0.15, 0.2) is 28.6 Å². The number of aryl methyl sites for hydroxylation is 1. The summed E-state index contributed by atoms with van der Waals surface area (Å²) in [6.07, 6.45) is 6.58. The fourth-order valence-corrected chi connectivity index (χ4v) is 6.82. The largest absolute Gasteiger partial charge is 0.329 e. The maximum absolute atomic E-state index is 13.1. The Kier molecular flexibility index (Phi) is 6.70. The molecule has 0 bridgehead atoms. The number of carbonyl (C=O) groups excluding carboxylic acids is 3. The quantitative estimate of drug-likeness (QED) is 0.569. The van der Waals surface area contributed by atoms with Gasteiger partial charge in [0, 0.05) is 24.4 Å². The Morgan fingerprint density at radius 2 is 1.78 bits per heavy atom. The second-order valence-corrected chi connectivity index (χ2v) is 12.4. The molecular weight excluding hydrogens is 494 g/mol. The number of anilines is 1. The van der Waals surface area contributed by atoms with Gasteiger partial charge in [-0.2, -0.15) is 4.31 Å².